The predicted molar refractivity (Wildman–Crippen MR) is 119 cm³/mol. The molecule has 0 aliphatic carbocycles. The summed E-state index contributed by atoms with van der Waals surface area (Å²) in [5, 5.41) is 5.76. The monoisotopic (exact) mass is 453 g/mol. The van der Waals surface area contributed by atoms with Crippen LogP contribution < -0.4 is 10.0 Å². The Bertz CT molecular complexity index is 1290. The Labute approximate surface area is 183 Å². The Morgan fingerprint density at radius 1 is 1.10 bits per heavy atom. The fourth-order valence-electron chi connectivity index (χ4n) is 2.89. The fraction of sp³-hybridized carbons (Fsp3) is 0.0909. The largest absolute Gasteiger partial charge is 0.468 e. The molecule has 4 rings (SSSR count). The molecule has 9 heteroatoms. The molecule has 0 fully saturated rings. The maximum Gasteiger partial charge on any atom is 0.255 e. The third-order valence-corrected chi connectivity index (χ3v) is 6.65. The van der Waals surface area contributed by atoms with Crippen molar-refractivity contribution in [3.8, 4) is 11.3 Å². The molecule has 0 unspecified atom stereocenters. The molecule has 0 aliphatic heterocycles. The van der Waals surface area contributed by atoms with Crippen LogP contribution in [0.4, 0.5) is 5.69 Å². The van der Waals surface area contributed by atoms with Crippen LogP contribution in [0.5, 0.6) is 0 Å². The normalized spacial score (nSPS) is 11.4. The molecule has 0 saturated heterocycles. The van der Waals surface area contributed by atoms with Gasteiger partial charge in [-0.15, -0.1) is 11.3 Å². The molecule has 1 amide bonds. The van der Waals surface area contributed by atoms with Crippen LogP contribution in [-0.4, -0.2) is 19.3 Å². The van der Waals surface area contributed by atoms with Gasteiger partial charge in [0.05, 0.1) is 28.4 Å². The number of furan rings is 1. The number of nitrogens with zero attached hydrogens (tertiary/aromatic N) is 1. The van der Waals surface area contributed by atoms with Gasteiger partial charge in [0.2, 0.25) is 10.0 Å². The Hall–Kier alpha value is -3.27. The zero-order valence-corrected chi connectivity index (χ0v) is 18.2. The van der Waals surface area contributed by atoms with Crippen LogP contribution in [0.2, 0.25) is 0 Å². The molecule has 2 aromatic heterocycles. The quantitative estimate of drug-likeness (QED) is 0.431. The SMILES string of the molecule is Cc1nc(-c2ccc(NC(=O)c3cccc(S(=O)(=O)NCc4ccco4)c3)cc2)cs1. The van der Waals surface area contributed by atoms with E-state index in [-0.39, 0.29) is 17.0 Å². The van der Waals surface area contributed by atoms with E-state index in [9.17, 15) is 13.2 Å². The minimum atomic E-state index is -3.80. The molecule has 0 radical (unpaired) electrons. The van der Waals surface area contributed by atoms with Crippen LogP contribution in [0.15, 0.2) is 81.6 Å². The van der Waals surface area contributed by atoms with Gasteiger partial charge in [-0.1, -0.05) is 18.2 Å². The molecule has 0 saturated carbocycles. The molecule has 0 spiro atoms. The standard InChI is InChI=1S/C22H19N3O4S2/c1-15-24-21(14-30-15)16-7-9-18(10-8-16)25-22(26)17-4-2-6-20(12-17)31(27,28)23-13-19-5-3-11-29-19/h2-12,14,23H,13H2,1H3,(H,25,26). The summed E-state index contributed by atoms with van der Waals surface area (Å²) in [4.78, 5) is 17.1. The summed E-state index contributed by atoms with van der Waals surface area (Å²) in [6, 6.07) is 16.6. The third-order valence-electron chi connectivity index (χ3n) is 4.48. The number of carbonyl (C=O) groups excluding carboxylic acids is 1. The van der Waals surface area contributed by atoms with Gasteiger partial charge in [-0.25, -0.2) is 18.1 Å². The number of benzene rings is 2. The van der Waals surface area contributed by atoms with E-state index >= 15 is 0 Å². The first-order chi connectivity index (χ1) is 14.9. The van der Waals surface area contributed by atoms with Crippen molar-refractivity contribution in [3.63, 3.8) is 0 Å². The minimum absolute atomic E-state index is 0.000885. The molecule has 4 aromatic rings. The summed E-state index contributed by atoms with van der Waals surface area (Å²) < 4.78 is 32.7. The number of aromatic nitrogens is 1. The minimum Gasteiger partial charge on any atom is -0.468 e. The Morgan fingerprint density at radius 2 is 1.90 bits per heavy atom. The lowest BCUT2D eigenvalue weighted by Gasteiger charge is -2.09. The van der Waals surface area contributed by atoms with Crippen LogP contribution in [0, 0.1) is 6.92 Å². The highest BCUT2D eigenvalue weighted by atomic mass is 32.2. The average molecular weight is 454 g/mol. The highest BCUT2D eigenvalue weighted by Crippen LogP contribution is 2.23. The van der Waals surface area contributed by atoms with Gasteiger partial charge in [-0.05, 0) is 49.4 Å². The number of nitrogens with one attached hydrogen (secondary N) is 2. The highest BCUT2D eigenvalue weighted by molar-refractivity contribution is 7.89. The summed E-state index contributed by atoms with van der Waals surface area (Å²) in [6.45, 7) is 1.97. The van der Waals surface area contributed by atoms with Crippen molar-refractivity contribution < 1.29 is 17.6 Å². The molecule has 0 aliphatic rings. The van der Waals surface area contributed by atoms with Gasteiger partial charge in [-0.2, -0.15) is 0 Å². The van der Waals surface area contributed by atoms with Crippen molar-refractivity contribution in [2.24, 2.45) is 0 Å². The summed E-state index contributed by atoms with van der Waals surface area (Å²) in [6.07, 6.45) is 1.47. The lowest BCUT2D eigenvalue weighted by molar-refractivity contribution is 0.102. The molecule has 7 nitrogen and oxygen atoms in total. The van der Waals surface area contributed by atoms with Gasteiger partial charge < -0.3 is 9.73 Å². The van der Waals surface area contributed by atoms with E-state index in [1.54, 1.807) is 41.7 Å². The number of carbonyl (C=O) groups is 1. The van der Waals surface area contributed by atoms with Gasteiger partial charge in [0, 0.05) is 22.2 Å². The number of sulfonamides is 1. The van der Waals surface area contributed by atoms with Crippen molar-refractivity contribution in [2.45, 2.75) is 18.4 Å². The van der Waals surface area contributed by atoms with Gasteiger partial charge in [0.1, 0.15) is 5.76 Å². The van der Waals surface area contributed by atoms with Crippen molar-refractivity contribution in [2.75, 3.05) is 5.32 Å². The van der Waals surface area contributed by atoms with Crippen molar-refractivity contribution in [3.05, 3.63) is 88.6 Å². The van der Waals surface area contributed by atoms with Crippen LogP contribution in [-0.2, 0) is 16.6 Å². The van der Waals surface area contributed by atoms with E-state index in [1.165, 1.54) is 24.5 Å². The van der Waals surface area contributed by atoms with E-state index in [0.29, 0.717) is 11.4 Å². The lowest BCUT2D eigenvalue weighted by Crippen LogP contribution is -2.23. The second kappa shape index (κ2) is 8.84. The van der Waals surface area contributed by atoms with E-state index in [1.807, 2.05) is 24.4 Å². The van der Waals surface area contributed by atoms with Gasteiger partial charge in [0.15, 0.2) is 0 Å². The molecule has 2 heterocycles. The number of aryl methyl sites for hydroxylation is 1. The molecule has 2 N–H and O–H groups in total. The van der Waals surface area contributed by atoms with Gasteiger partial charge in [-0.3, -0.25) is 4.79 Å². The number of rotatable bonds is 7. The van der Waals surface area contributed by atoms with Crippen LogP contribution >= 0.6 is 11.3 Å². The smallest absolute Gasteiger partial charge is 0.255 e. The van der Waals surface area contributed by atoms with Gasteiger partial charge >= 0.3 is 0 Å². The van der Waals surface area contributed by atoms with E-state index in [0.717, 1.165) is 16.3 Å². The number of amides is 1. The predicted octanol–water partition coefficient (Wildman–Crippen LogP) is 4.44. The van der Waals surface area contributed by atoms with Gasteiger partial charge in [0.25, 0.3) is 5.91 Å². The first-order valence-corrected chi connectivity index (χ1v) is 11.7. The fourth-order valence-corrected chi connectivity index (χ4v) is 4.55. The van der Waals surface area contributed by atoms with E-state index < -0.39 is 15.9 Å². The number of hydrogen-bond donors (Lipinski definition) is 2. The topological polar surface area (TPSA) is 101 Å². The van der Waals surface area contributed by atoms with Crippen LogP contribution in [0.1, 0.15) is 21.1 Å². The lowest BCUT2D eigenvalue weighted by atomic mass is 10.1. The van der Waals surface area contributed by atoms with Crippen molar-refractivity contribution in [1.82, 2.24) is 9.71 Å². The Balaban J connectivity index is 1.45. The molecule has 158 valence electrons. The number of anilines is 1. The number of hydrogen-bond acceptors (Lipinski definition) is 6. The summed E-state index contributed by atoms with van der Waals surface area (Å²) in [5.41, 5.74) is 2.68. The zero-order valence-electron chi connectivity index (χ0n) is 16.5. The summed E-state index contributed by atoms with van der Waals surface area (Å²) >= 11 is 1.58. The Kier molecular flexibility index (Phi) is 5.99. The first kappa shape index (κ1) is 21.0. The van der Waals surface area contributed by atoms with Crippen molar-refractivity contribution >= 4 is 33.0 Å². The second-order valence-electron chi connectivity index (χ2n) is 6.71. The maximum absolute atomic E-state index is 12.6. The van der Waals surface area contributed by atoms with E-state index in [4.69, 9.17) is 4.42 Å². The number of thiazole rings is 1. The molecule has 0 atom stereocenters. The Morgan fingerprint density at radius 3 is 2.58 bits per heavy atom. The molecular weight excluding hydrogens is 434 g/mol. The van der Waals surface area contributed by atoms with Crippen LogP contribution in [0.3, 0.4) is 0 Å². The maximum atomic E-state index is 12.6. The van der Waals surface area contributed by atoms with E-state index in [2.05, 4.69) is 15.0 Å². The summed E-state index contributed by atoms with van der Waals surface area (Å²) in [5.74, 6) is 0.0917. The highest BCUT2D eigenvalue weighted by Gasteiger charge is 2.17. The molecule has 0 bridgehead atoms. The molecule has 31 heavy (non-hydrogen) atoms. The average Bonchev–Trinajstić information content (AvgIpc) is 3.45. The zero-order chi connectivity index (χ0) is 21.8. The summed E-state index contributed by atoms with van der Waals surface area (Å²) in [7, 11) is -3.80. The van der Waals surface area contributed by atoms with Crippen molar-refractivity contribution in [1.29, 1.82) is 0 Å². The molecule has 2 aromatic carbocycles. The second-order valence-corrected chi connectivity index (χ2v) is 9.54. The van der Waals surface area contributed by atoms with Crippen LogP contribution in [0.25, 0.3) is 11.3 Å². The molecular formula is C22H19N3O4S2. The first-order valence-electron chi connectivity index (χ1n) is 9.37. The third kappa shape index (κ3) is 5.08.